The number of hydrogen-bond acceptors (Lipinski definition) is 2. The highest BCUT2D eigenvalue weighted by Crippen LogP contribution is 2.24. The van der Waals surface area contributed by atoms with Crippen LogP contribution >= 0.6 is 11.6 Å². The van der Waals surface area contributed by atoms with E-state index in [-0.39, 0.29) is 23.7 Å². The van der Waals surface area contributed by atoms with Gasteiger partial charge in [0.25, 0.3) is 0 Å². The van der Waals surface area contributed by atoms with Gasteiger partial charge in [-0.15, -0.1) is 0 Å². The number of carbonyl (C=O) groups excluding carboxylic acids is 2. The summed E-state index contributed by atoms with van der Waals surface area (Å²) in [5, 5.41) is 4.83. The molecule has 0 heterocycles. The maximum absolute atomic E-state index is 12.4. The van der Waals surface area contributed by atoms with Crippen LogP contribution in [-0.4, -0.2) is 18.0 Å². The van der Waals surface area contributed by atoms with Crippen molar-refractivity contribution in [2.75, 3.05) is 10.6 Å². The molecule has 0 atom stereocenters. The number of benzene rings is 2. The zero-order valence-corrected chi connectivity index (χ0v) is 13.6. The Morgan fingerprint density at radius 1 is 0.920 bits per heavy atom. The summed E-state index contributed by atoms with van der Waals surface area (Å²) in [7, 11) is 0. The molecule has 0 aliphatic carbocycles. The number of hydrogen-bond donors (Lipinski definition) is 2. The Kier molecular flexibility index (Phi) is 6.03. The molecule has 2 aromatic carbocycles. The molecule has 0 aliphatic heterocycles. The fourth-order valence-electron chi connectivity index (χ4n) is 2.02. The minimum Gasteiger partial charge on any atom is -0.324 e. The van der Waals surface area contributed by atoms with Gasteiger partial charge in [0.2, 0.25) is 5.91 Å². The van der Waals surface area contributed by atoms with Crippen molar-refractivity contribution in [3.63, 3.8) is 0 Å². The number of aryl methyl sites for hydroxylation is 1. The first-order chi connectivity index (χ1) is 11.8. The Bertz CT molecular complexity index is 761. The molecule has 0 aromatic heterocycles. The lowest BCUT2D eigenvalue weighted by molar-refractivity contribution is -0.167. The third kappa shape index (κ3) is 5.79. The SMILES string of the molecule is O=C(CCc1ccc(Cl)cc1)Nc1ccccc1NC(=O)C(F)(F)F. The van der Waals surface area contributed by atoms with Crippen LogP contribution in [0.25, 0.3) is 0 Å². The fourth-order valence-corrected chi connectivity index (χ4v) is 2.14. The van der Waals surface area contributed by atoms with Crippen molar-refractivity contribution in [2.45, 2.75) is 19.0 Å². The first-order valence-corrected chi connectivity index (χ1v) is 7.65. The van der Waals surface area contributed by atoms with Crippen molar-refractivity contribution in [3.8, 4) is 0 Å². The van der Waals surface area contributed by atoms with Gasteiger partial charge in [0, 0.05) is 11.4 Å². The summed E-state index contributed by atoms with van der Waals surface area (Å²) >= 11 is 5.78. The lowest BCUT2D eigenvalue weighted by atomic mass is 10.1. The molecule has 0 radical (unpaired) electrons. The van der Waals surface area contributed by atoms with Gasteiger partial charge in [0.05, 0.1) is 11.4 Å². The van der Waals surface area contributed by atoms with E-state index in [1.54, 1.807) is 29.6 Å². The number of amides is 2. The van der Waals surface area contributed by atoms with E-state index in [2.05, 4.69) is 5.32 Å². The van der Waals surface area contributed by atoms with Gasteiger partial charge in [-0.3, -0.25) is 9.59 Å². The van der Waals surface area contributed by atoms with E-state index in [1.165, 1.54) is 24.3 Å². The number of halogens is 4. The van der Waals surface area contributed by atoms with Gasteiger partial charge in [0.1, 0.15) is 0 Å². The second kappa shape index (κ2) is 8.02. The van der Waals surface area contributed by atoms with Gasteiger partial charge < -0.3 is 10.6 Å². The first kappa shape index (κ1) is 18.8. The maximum Gasteiger partial charge on any atom is 0.471 e. The van der Waals surface area contributed by atoms with Crippen LogP contribution in [0.3, 0.4) is 0 Å². The van der Waals surface area contributed by atoms with Crippen molar-refractivity contribution < 1.29 is 22.8 Å². The van der Waals surface area contributed by atoms with Crippen LogP contribution in [-0.2, 0) is 16.0 Å². The standard InChI is InChI=1S/C17H14ClF3N2O2/c18-12-8-5-11(6-9-12)7-10-15(24)22-13-3-1-2-4-14(13)23-16(25)17(19,20)21/h1-6,8-9H,7,10H2,(H,22,24)(H,23,25). The number of alkyl halides is 3. The summed E-state index contributed by atoms with van der Waals surface area (Å²) in [5.41, 5.74) is 0.879. The molecule has 2 aromatic rings. The Balaban J connectivity index is 1.98. The van der Waals surface area contributed by atoms with E-state index >= 15 is 0 Å². The Morgan fingerprint density at radius 2 is 1.48 bits per heavy atom. The summed E-state index contributed by atoms with van der Waals surface area (Å²) < 4.78 is 37.1. The maximum atomic E-state index is 12.4. The molecule has 132 valence electrons. The summed E-state index contributed by atoms with van der Waals surface area (Å²) in [4.78, 5) is 23.1. The van der Waals surface area contributed by atoms with E-state index in [0.29, 0.717) is 11.4 Å². The van der Waals surface area contributed by atoms with Crippen LogP contribution in [0.15, 0.2) is 48.5 Å². The molecule has 0 fully saturated rings. The largest absolute Gasteiger partial charge is 0.471 e. The zero-order valence-electron chi connectivity index (χ0n) is 12.9. The monoisotopic (exact) mass is 370 g/mol. The van der Waals surface area contributed by atoms with Crippen LogP contribution < -0.4 is 10.6 Å². The molecule has 0 spiro atoms. The fraction of sp³-hybridized carbons (Fsp3) is 0.176. The Hall–Kier alpha value is -2.54. The topological polar surface area (TPSA) is 58.2 Å². The van der Waals surface area contributed by atoms with E-state index in [1.807, 2.05) is 0 Å². The summed E-state index contributed by atoms with van der Waals surface area (Å²) in [6.45, 7) is 0. The molecule has 2 rings (SSSR count). The highest BCUT2D eigenvalue weighted by molar-refractivity contribution is 6.30. The van der Waals surface area contributed by atoms with E-state index in [9.17, 15) is 22.8 Å². The van der Waals surface area contributed by atoms with Crippen molar-refractivity contribution in [2.24, 2.45) is 0 Å². The predicted molar refractivity (Wildman–Crippen MR) is 89.5 cm³/mol. The molecule has 0 aliphatic rings. The Morgan fingerprint density at radius 3 is 2.04 bits per heavy atom. The molecule has 25 heavy (non-hydrogen) atoms. The minimum absolute atomic E-state index is 0.0983. The van der Waals surface area contributed by atoms with E-state index < -0.39 is 12.1 Å². The van der Waals surface area contributed by atoms with Gasteiger partial charge >= 0.3 is 12.1 Å². The quantitative estimate of drug-likeness (QED) is 0.819. The molecular formula is C17H14ClF3N2O2. The predicted octanol–water partition coefficient (Wildman–Crippen LogP) is 4.41. The van der Waals surface area contributed by atoms with Crippen LogP contribution in [0.1, 0.15) is 12.0 Å². The number of nitrogens with one attached hydrogen (secondary N) is 2. The molecule has 0 saturated heterocycles. The lowest BCUT2D eigenvalue weighted by Gasteiger charge is -2.13. The molecular weight excluding hydrogens is 357 g/mol. The molecule has 0 saturated carbocycles. The summed E-state index contributed by atoms with van der Waals surface area (Å²) in [6.07, 6.45) is -4.44. The molecule has 8 heteroatoms. The van der Waals surface area contributed by atoms with Gasteiger partial charge in [-0.2, -0.15) is 13.2 Å². The average Bonchev–Trinajstić information content (AvgIpc) is 2.55. The molecule has 2 amide bonds. The molecule has 0 bridgehead atoms. The normalized spacial score (nSPS) is 11.0. The lowest BCUT2D eigenvalue weighted by Crippen LogP contribution is -2.30. The Labute approximate surface area is 147 Å². The van der Waals surface area contributed by atoms with Crippen LogP contribution in [0.5, 0.6) is 0 Å². The molecule has 4 nitrogen and oxygen atoms in total. The van der Waals surface area contributed by atoms with E-state index in [4.69, 9.17) is 11.6 Å². The molecule has 2 N–H and O–H groups in total. The van der Waals surface area contributed by atoms with Gasteiger partial charge in [0.15, 0.2) is 0 Å². The second-order valence-corrected chi connectivity index (χ2v) is 5.61. The van der Waals surface area contributed by atoms with Crippen molar-refractivity contribution >= 4 is 34.8 Å². The van der Waals surface area contributed by atoms with Crippen molar-refractivity contribution in [1.82, 2.24) is 0 Å². The third-order valence-electron chi connectivity index (χ3n) is 3.26. The average molecular weight is 371 g/mol. The number of carbonyl (C=O) groups is 2. The molecule has 0 unspecified atom stereocenters. The van der Waals surface area contributed by atoms with Crippen LogP contribution in [0.4, 0.5) is 24.5 Å². The summed E-state index contributed by atoms with van der Waals surface area (Å²) in [5.74, 6) is -2.49. The number of rotatable bonds is 5. The van der Waals surface area contributed by atoms with Gasteiger partial charge in [-0.05, 0) is 36.2 Å². The van der Waals surface area contributed by atoms with Gasteiger partial charge in [-0.25, -0.2) is 0 Å². The first-order valence-electron chi connectivity index (χ1n) is 7.27. The van der Waals surface area contributed by atoms with Gasteiger partial charge in [-0.1, -0.05) is 35.9 Å². The smallest absolute Gasteiger partial charge is 0.324 e. The van der Waals surface area contributed by atoms with Crippen molar-refractivity contribution in [3.05, 3.63) is 59.1 Å². The highest BCUT2D eigenvalue weighted by Gasteiger charge is 2.39. The zero-order chi connectivity index (χ0) is 18.4. The van der Waals surface area contributed by atoms with Crippen LogP contribution in [0, 0.1) is 0 Å². The number of para-hydroxylation sites is 2. The third-order valence-corrected chi connectivity index (χ3v) is 3.51. The van der Waals surface area contributed by atoms with Crippen LogP contribution in [0.2, 0.25) is 5.02 Å². The van der Waals surface area contributed by atoms with E-state index in [0.717, 1.165) is 5.56 Å². The summed E-state index contributed by atoms with van der Waals surface area (Å²) in [6, 6.07) is 12.7. The second-order valence-electron chi connectivity index (χ2n) is 5.17. The van der Waals surface area contributed by atoms with Crippen molar-refractivity contribution in [1.29, 1.82) is 0 Å². The minimum atomic E-state index is -5.01. The highest BCUT2D eigenvalue weighted by atomic mass is 35.5. The number of anilines is 2.